The average Bonchev–Trinajstić information content (AvgIpc) is 2.32. The molecule has 1 aromatic carbocycles. The number of hydrogen-bond donors (Lipinski definition) is 5. The van der Waals surface area contributed by atoms with Crippen LogP contribution in [0.1, 0.15) is 0 Å². The number of hydrazine groups is 2. The van der Waals surface area contributed by atoms with Crippen molar-refractivity contribution in [1.29, 1.82) is 0 Å². The van der Waals surface area contributed by atoms with Crippen LogP contribution in [0.25, 0.3) is 0 Å². The molecule has 0 spiro atoms. The first-order valence-electron chi connectivity index (χ1n) is 4.93. The standard InChI is InChI=1S/C8H11N3O7S2/c12-4-3-9-11-10-7-2-1-6(19(13,14)15)5-8(7)20(16,17)18/h1-2,4-5,9-11H,3H2,(H,13,14,15)(H,16,17,18). The lowest BCUT2D eigenvalue weighted by atomic mass is 10.3. The van der Waals surface area contributed by atoms with Crippen LogP contribution in [-0.4, -0.2) is 38.8 Å². The topological polar surface area (TPSA) is 162 Å². The molecule has 0 aliphatic rings. The molecule has 0 aliphatic carbocycles. The van der Waals surface area contributed by atoms with Crippen LogP contribution in [0.3, 0.4) is 0 Å². The van der Waals surface area contributed by atoms with E-state index in [4.69, 9.17) is 9.11 Å². The monoisotopic (exact) mass is 325 g/mol. The molecule has 0 bridgehead atoms. The van der Waals surface area contributed by atoms with Crippen molar-refractivity contribution in [2.75, 3.05) is 12.0 Å². The molecule has 0 saturated heterocycles. The van der Waals surface area contributed by atoms with Gasteiger partial charge in [0.1, 0.15) is 11.2 Å². The number of nitrogens with one attached hydrogen (secondary N) is 3. The fourth-order valence-corrected chi connectivity index (χ4v) is 2.44. The summed E-state index contributed by atoms with van der Waals surface area (Å²) >= 11 is 0. The van der Waals surface area contributed by atoms with Crippen LogP contribution in [0.2, 0.25) is 0 Å². The van der Waals surface area contributed by atoms with Gasteiger partial charge in [-0.3, -0.25) is 9.11 Å². The summed E-state index contributed by atoms with van der Waals surface area (Å²) in [4.78, 5) is 8.57. The third-order valence-corrected chi connectivity index (χ3v) is 3.74. The molecule has 0 amide bonds. The maximum atomic E-state index is 11.2. The number of carbonyl (C=O) groups is 1. The van der Waals surface area contributed by atoms with E-state index in [2.05, 4.69) is 16.4 Å². The van der Waals surface area contributed by atoms with Gasteiger partial charge in [0.2, 0.25) is 0 Å². The van der Waals surface area contributed by atoms with Crippen LogP contribution >= 0.6 is 0 Å². The number of hydrogen-bond acceptors (Lipinski definition) is 8. The number of anilines is 1. The zero-order valence-electron chi connectivity index (χ0n) is 9.77. The summed E-state index contributed by atoms with van der Waals surface area (Å²) in [5.41, 5.74) is 6.69. The first-order chi connectivity index (χ1) is 9.16. The van der Waals surface area contributed by atoms with E-state index in [1.165, 1.54) is 0 Å². The Morgan fingerprint density at radius 1 is 1.10 bits per heavy atom. The van der Waals surface area contributed by atoms with Crippen LogP contribution < -0.4 is 16.4 Å². The van der Waals surface area contributed by atoms with Gasteiger partial charge in [-0.15, -0.1) is 0 Å². The Bertz CT molecular complexity index is 699. The van der Waals surface area contributed by atoms with Crippen LogP contribution in [0.5, 0.6) is 0 Å². The second-order valence-electron chi connectivity index (χ2n) is 3.41. The number of rotatable bonds is 7. The Morgan fingerprint density at radius 3 is 2.25 bits per heavy atom. The summed E-state index contributed by atoms with van der Waals surface area (Å²) in [5, 5.41) is 0. The van der Waals surface area contributed by atoms with Gasteiger partial charge in [-0.2, -0.15) is 22.4 Å². The van der Waals surface area contributed by atoms with Crippen molar-refractivity contribution in [3.63, 3.8) is 0 Å². The molecule has 112 valence electrons. The largest absolute Gasteiger partial charge is 0.307 e. The van der Waals surface area contributed by atoms with E-state index < -0.39 is 30.0 Å². The van der Waals surface area contributed by atoms with Crippen molar-refractivity contribution in [3.05, 3.63) is 18.2 Å². The molecule has 0 radical (unpaired) electrons. The Kier molecular flexibility index (Phi) is 5.15. The molecule has 0 saturated carbocycles. The zero-order valence-corrected chi connectivity index (χ0v) is 11.4. The first kappa shape index (κ1) is 16.5. The molecule has 12 heteroatoms. The molecule has 0 aromatic heterocycles. The fraction of sp³-hybridized carbons (Fsp3) is 0.125. The van der Waals surface area contributed by atoms with Gasteiger partial charge < -0.3 is 10.2 Å². The Morgan fingerprint density at radius 2 is 1.75 bits per heavy atom. The van der Waals surface area contributed by atoms with Gasteiger partial charge in [0.25, 0.3) is 20.2 Å². The predicted octanol–water partition coefficient (Wildman–Crippen LogP) is -1.20. The Hall–Kier alpha value is -1.57. The van der Waals surface area contributed by atoms with E-state index in [-0.39, 0.29) is 12.2 Å². The molecule has 0 aliphatic heterocycles. The van der Waals surface area contributed by atoms with Gasteiger partial charge in [0.15, 0.2) is 0 Å². The fourth-order valence-electron chi connectivity index (χ4n) is 1.18. The van der Waals surface area contributed by atoms with Crippen molar-refractivity contribution >= 4 is 32.2 Å². The van der Waals surface area contributed by atoms with Gasteiger partial charge in [-0.05, 0) is 18.2 Å². The van der Waals surface area contributed by atoms with Gasteiger partial charge in [-0.25, -0.2) is 5.43 Å². The minimum atomic E-state index is -4.73. The van der Waals surface area contributed by atoms with E-state index in [1.807, 2.05) is 0 Å². The van der Waals surface area contributed by atoms with Crippen LogP contribution in [0, 0.1) is 0 Å². The molecule has 1 rings (SSSR count). The van der Waals surface area contributed by atoms with Gasteiger partial charge in [0, 0.05) is 0 Å². The van der Waals surface area contributed by atoms with Crippen LogP contribution in [0.4, 0.5) is 5.69 Å². The van der Waals surface area contributed by atoms with Crippen LogP contribution in [-0.2, 0) is 25.0 Å². The quantitative estimate of drug-likeness (QED) is 0.178. The zero-order chi connectivity index (χ0) is 15.4. The second-order valence-corrected chi connectivity index (χ2v) is 6.22. The SMILES string of the molecule is O=CCNNNc1ccc(S(=O)(=O)O)cc1S(=O)(=O)O. The molecule has 0 unspecified atom stereocenters. The molecule has 5 N–H and O–H groups in total. The first-order valence-corrected chi connectivity index (χ1v) is 7.81. The Labute approximate surface area is 114 Å². The van der Waals surface area contributed by atoms with Gasteiger partial charge >= 0.3 is 0 Å². The van der Waals surface area contributed by atoms with E-state index >= 15 is 0 Å². The van der Waals surface area contributed by atoms with E-state index in [0.29, 0.717) is 12.4 Å². The molecule has 10 nitrogen and oxygen atoms in total. The summed E-state index contributed by atoms with van der Waals surface area (Å²) in [7, 11) is -9.35. The molecule has 0 heterocycles. The number of carbonyl (C=O) groups excluding carboxylic acids is 1. The summed E-state index contributed by atoms with van der Waals surface area (Å²) in [5.74, 6) is 0. The van der Waals surface area contributed by atoms with Crippen molar-refractivity contribution in [1.82, 2.24) is 11.0 Å². The third-order valence-electron chi connectivity index (χ3n) is 2.00. The van der Waals surface area contributed by atoms with Crippen molar-refractivity contribution in [3.8, 4) is 0 Å². The molecule has 20 heavy (non-hydrogen) atoms. The summed E-state index contributed by atoms with van der Waals surface area (Å²) in [6, 6.07) is 2.50. The second kappa shape index (κ2) is 6.25. The molecule has 0 atom stereocenters. The van der Waals surface area contributed by atoms with E-state index in [1.54, 1.807) is 0 Å². The van der Waals surface area contributed by atoms with Crippen molar-refractivity contribution in [2.45, 2.75) is 9.79 Å². The maximum absolute atomic E-state index is 11.2. The number of benzene rings is 1. The molecular formula is C8H11N3O7S2. The van der Waals surface area contributed by atoms with E-state index in [0.717, 1.165) is 12.1 Å². The number of aldehydes is 1. The highest BCUT2D eigenvalue weighted by Crippen LogP contribution is 2.24. The minimum Gasteiger partial charge on any atom is -0.307 e. The van der Waals surface area contributed by atoms with E-state index in [9.17, 15) is 21.6 Å². The lowest BCUT2D eigenvalue weighted by molar-refractivity contribution is -0.107. The lowest BCUT2D eigenvalue weighted by Gasteiger charge is -2.12. The van der Waals surface area contributed by atoms with Crippen molar-refractivity contribution < 1.29 is 30.7 Å². The molecular weight excluding hydrogens is 314 g/mol. The Balaban J connectivity index is 3.15. The van der Waals surface area contributed by atoms with Crippen molar-refractivity contribution in [2.24, 2.45) is 0 Å². The van der Waals surface area contributed by atoms with Gasteiger partial charge in [-0.1, -0.05) is 0 Å². The highest BCUT2D eigenvalue weighted by molar-refractivity contribution is 7.86. The summed E-state index contributed by atoms with van der Waals surface area (Å²) in [6.45, 7) is -0.0860. The maximum Gasteiger partial charge on any atom is 0.296 e. The lowest BCUT2D eigenvalue weighted by Crippen LogP contribution is -2.38. The van der Waals surface area contributed by atoms with Crippen LogP contribution in [0.15, 0.2) is 28.0 Å². The summed E-state index contributed by atoms with van der Waals surface area (Å²) < 4.78 is 62.0. The molecule has 0 fully saturated rings. The predicted molar refractivity (Wildman–Crippen MR) is 66.9 cm³/mol. The molecule has 1 aromatic rings. The smallest absolute Gasteiger partial charge is 0.296 e. The average molecular weight is 325 g/mol. The van der Waals surface area contributed by atoms with Gasteiger partial charge in [0.05, 0.1) is 17.1 Å². The highest BCUT2D eigenvalue weighted by atomic mass is 32.2. The highest BCUT2D eigenvalue weighted by Gasteiger charge is 2.20. The third kappa shape index (κ3) is 4.52. The normalized spacial score (nSPS) is 12.1. The minimum absolute atomic E-state index is 0.0860. The summed E-state index contributed by atoms with van der Waals surface area (Å²) in [6.07, 6.45) is 0.528.